The number of piperidine rings is 1. The summed E-state index contributed by atoms with van der Waals surface area (Å²) in [5, 5.41) is 9.12. The fourth-order valence-corrected chi connectivity index (χ4v) is 3.52. The van der Waals surface area contributed by atoms with Gasteiger partial charge in [0.15, 0.2) is 0 Å². The van der Waals surface area contributed by atoms with Crippen LogP contribution in [-0.2, 0) is 11.3 Å². The Kier molecular flexibility index (Phi) is 5.11. The molecule has 120 valence electrons. The van der Waals surface area contributed by atoms with Crippen LogP contribution in [0, 0.1) is 0 Å². The minimum Gasteiger partial charge on any atom is -0.480 e. The van der Waals surface area contributed by atoms with E-state index in [-0.39, 0.29) is 6.54 Å². The van der Waals surface area contributed by atoms with E-state index in [9.17, 15) is 4.79 Å². The predicted octanol–water partition coefficient (Wildman–Crippen LogP) is 2.59. The molecule has 0 amide bonds. The first-order chi connectivity index (χ1) is 10.7. The average molecular weight is 302 g/mol. The molecule has 2 aliphatic rings. The Hall–Kier alpha value is -1.39. The average Bonchev–Trinajstić information content (AvgIpc) is 3.34. The number of nitrogens with zero attached hydrogens (tertiary/aromatic N) is 2. The third kappa shape index (κ3) is 4.31. The topological polar surface area (TPSA) is 43.8 Å². The molecule has 0 radical (unpaired) electrons. The minimum atomic E-state index is -0.701. The van der Waals surface area contributed by atoms with Crippen LogP contribution >= 0.6 is 0 Å². The lowest BCUT2D eigenvalue weighted by atomic mass is 10.0. The van der Waals surface area contributed by atoms with E-state index in [0.717, 1.165) is 32.5 Å². The summed E-state index contributed by atoms with van der Waals surface area (Å²) in [5.41, 5.74) is 1.36. The predicted molar refractivity (Wildman–Crippen MR) is 86.7 cm³/mol. The van der Waals surface area contributed by atoms with Crippen LogP contribution in [0.25, 0.3) is 0 Å². The molecule has 0 bridgehead atoms. The van der Waals surface area contributed by atoms with Crippen LogP contribution in [0.2, 0.25) is 0 Å². The highest BCUT2D eigenvalue weighted by atomic mass is 16.4. The Bertz CT molecular complexity index is 487. The zero-order valence-electron chi connectivity index (χ0n) is 13.2. The maximum absolute atomic E-state index is 11.1. The molecule has 0 aromatic heterocycles. The Morgan fingerprint density at radius 1 is 1.18 bits per heavy atom. The van der Waals surface area contributed by atoms with Crippen molar-refractivity contribution in [3.63, 3.8) is 0 Å². The van der Waals surface area contributed by atoms with Gasteiger partial charge in [0.2, 0.25) is 0 Å². The lowest BCUT2D eigenvalue weighted by Crippen LogP contribution is -2.48. The van der Waals surface area contributed by atoms with Gasteiger partial charge in [-0.1, -0.05) is 36.8 Å². The Morgan fingerprint density at radius 3 is 2.64 bits per heavy atom. The Labute approximate surface area is 132 Å². The summed E-state index contributed by atoms with van der Waals surface area (Å²) in [6.07, 6.45) is 6.07. The molecule has 1 heterocycles. The van der Waals surface area contributed by atoms with E-state index in [1.54, 1.807) is 0 Å². The zero-order valence-corrected chi connectivity index (χ0v) is 13.2. The quantitative estimate of drug-likeness (QED) is 0.841. The molecule has 1 aliphatic heterocycles. The number of hydrogen-bond donors (Lipinski definition) is 1. The monoisotopic (exact) mass is 302 g/mol. The van der Waals surface area contributed by atoms with Crippen LogP contribution in [-0.4, -0.2) is 52.6 Å². The molecule has 0 unspecified atom stereocenters. The van der Waals surface area contributed by atoms with Gasteiger partial charge < -0.3 is 5.11 Å². The Balaban J connectivity index is 1.63. The molecule has 4 nitrogen and oxygen atoms in total. The van der Waals surface area contributed by atoms with E-state index in [1.165, 1.54) is 24.8 Å². The number of benzene rings is 1. The highest BCUT2D eigenvalue weighted by molar-refractivity contribution is 5.69. The van der Waals surface area contributed by atoms with Gasteiger partial charge in [0.25, 0.3) is 0 Å². The normalized spacial score (nSPS) is 22.9. The summed E-state index contributed by atoms with van der Waals surface area (Å²) in [4.78, 5) is 15.8. The highest BCUT2D eigenvalue weighted by Gasteiger charge is 2.33. The maximum atomic E-state index is 11.1. The second kappa shape index (κ2) is 7.25. The van der Waals surface area contributed by atoms with Gasteiger partial charge in [-0.3, -0.25) is 14.6 Å². The van der Waals surface area contributed by atoms with Crippen molar-refractivity contribution < 1.29 is 9.90 Å². The lowest BCUT2D eigenvalue weighted by molar-refractivity contribution is -0.139. The molecular weight excluding hydrogens is 276 g/mol. The van der Waals surface area contributed by atoms with Crippen molar-refractivity contribution in [2.45, 2.75) is 50.7 Å². The van der Waals surface area contributed by atoms with Gasteiger partial charge in [-0.15, -0.1) is 0 Å². The third-order valence-electron chi connectivity index (χ3n) is 4.82. The van der Waals surface area contributed by atoms with Gasteiger partial charge >= 0.3 is 5.97 Å². The molecule has 2 fully saturated rings. The second-order valence-electron chi connectivity index (χ2n) is 6.66. The van der Waals surface area contributed by atoms with Gasteiger partial charge in [-0.25, -0.2) is 0 Å². The van der Waals surface area contributed by atoms with E-state index in [2.05, 4.69) is 40.1 Å². The standard InChI is InChI=1S/C18H26N2O2/c21-18(22)14-19-11-5-4-8-17(19)13-20(16-9-10-16)12-15-6-2-1-3-7-15/h1-3,6-7,16-17H,4-5,8-14H2,(H,21,22)/t17-/m1/s1. The lowest BCUT2D eigenvalue weighted by Gasteiger charge is -2.38. The molecule has 3 rings (SSSR count). The van der Waals surface area contributed by atoms with Crippen LogP contribution in [0.5, 0.6) is 0 Å². The summed E-state index contributed by atoms with van der Waals surface area (Å²) in [6, 6.07) is 11.7. The molecule has 1 atom stereocenters. The first kappa shape index (κ1) is 15.5. The molecule has 1 aliphatic carbocycles. The number of carboxylic acid groups (broad SMARTS) is 1. The van der Waals surface area contributed by atoms with Crippen LogP contribution in [0.4, 0.5) is 0 Å². The molecule has 22 heavy (non-hydrogen) atoms. The third-order valence-corrected chi connectivity index (χ3v) is 4.82. The van der Waals surface area contributed by atoms with Gasteiger partial charge in [0.1, 0.15) is 0 Å². The Morgan fingerprint density at radius 2 is 1.95 bits per heavy atom. The number of likely N-dealkylation sites (tertiary alicyclic amines) is 1. The molecule has 0 spiro atoms. The molecule has 4 heteroatoms. The first-order valence-corrected chi connectivity index (χ1v) is 8.46. The van der Waals surface area contributed by atoms with E-state index >= 15 is 0 Å². The second-order valence-corrected chi connectivity index (χ2v) is 6.66. The number of carboxylic acids is 1. The summed E-state index contributed by atoms with van der Waals surface area (Å²) in [5.74, 6) is -0.701. The van der Waals surface area contributed by atoms with Gasteiger partial charge in [-0.05, 0) is 37.8 Å². The smallest absolute Gasteiger partial charge is 0.317 e. The van der Waals surface area contributed by atoms with Crippen molar-refractivity contribution in [3.8, 4) is 0 Å². The van der Waals surface area contributed by atoms with Crippen molar-refractivity contribution in [1.29, 1.82) is 0 Å². The van der Waals surface area contributed by atoms with Gasteiger partial charge in [-0.2, -0.15) is 0 Å². The van der Waals surface area contributed by atoms with E-state index in [0.29, 0.717) is 12.1 Å². The summed E-state index contributed by atoms with van der Waals surface area (Å²) in [6.45, 7) is 3.12. The van der Waals surface area contributed by atoms with Crippen molar-refractivity contribution in [3.05, 3.63) is 35.9 Å². The van der Waals surface area contributed by atoms with Crippen molar-refractivity contribution in [1.82, 2.24) is 9.80 Å². The number of carbonyl (C=O) groups is 1. The van der Waals surface area contributed by atoms with Crippen LogP contribution in [0.1, 0.15) is 37.7 Å². The molecule has 1 aromatic rings. The number of rotatable bonds is 7. The van der Waals surface area contributed by atoms with E-state index in [4.69, 9.17) is 5.11 Å². The fraction of sp³-hybridized carbons (Fsp3) is 0.611. The summed E-state index contributed by atoms with van der Waals surface area (Å²) in [7, 11) is 0. The molecule has 1 saturated carbocycles. The summed E-state index contributed by atoms with van der Waals surface area (Å²) < 4.78 is 0. The molecule has 1 aromatic carbocycles. The zero-order chi connectivity index (χ0) is 15.4. The van der Waals surface area contributed by atoms with Crippen molar-refractivity contribution >= 4 is 5.97 Å². The van der Waals surface area contributed by atoms with E-state index in [1.807, 2.05) is 0 Å². The maximum Gasteiger partial charge on any atom is 0.317 e. The highest BCUT2D eigenvalue weighted by Crippen LogP contribution is 2.30. The number of aliphatic carboxylic acids is 1. The van der Waals surface area contributed by atoms with Gasteiger partial charge in [0, 0.05) is 25.2 Å². The van der Waals surface area contributed by atoms with Crippen molar-refractivity contribution in [2.75, 3.05) is 19.6 Å². The molecular formula is C18H26N2O2. The first-order valence-electron chi connectivity index (χ1n) is 8.46. The summed E-state index contributed by atoms with van der Waals surface area (Å²) >= 11 is 0. The fourth-order valence-electron chi connectivity index (χ4n) is 3.52. The minimum absolute atomic E-state index is 0.189. The molecule has 1 N–H and O–H groups in total. The van der Waals surface area contributed by atoms with Crippen LogP contribution in [0.15, 0.2) is 30.3 Å². The van der Waals surface area contributed by atoms with Crippen molar-refractivity contribution in [2.24, 2.45) is 0 Å². The largest absolute Gasteiger partial charge is 0.480 e. The molecule has 1 saturated heterocycles. The van der Waals surface area contributed by atoms with Crippen LogP contribution < -0.4 is 0 Å². The number of hydrogen-bond acceptors (Lipinski definition) is 3. The van der Waals surface area contributed by atoms with Crippen LogP contribution in [0.3, 0.4) is 0 Å². The van der Waals surface area contributed by atoms with Gasteiger partial charge in [0.05, 0.1) is 6.54 Å². The van der Waals surface area contributed by atoms with E-state index < -0.39 is 5.97 Å². The SMILES string of the molecule is O=C(O)CN1CCCC[C@@H]1CN(Cc1ccccc1)C1CC1.